The van der Waals surface area contributed by atoms with Gasteiger partial charge in [-0.15, -0.1) is 5.53 Å². The molecule has 12 heteroatoms. The minimum Gasteiger partial charge on any atom is -0.383 e. The Labute approximate surface area is 249 Å². The number of hydrogen-bond donors (Lipinski definition) is 4. The number of nitrogens with zero attached hydrogens (tertiary/aromatic N) is 5. The van der Waals surface area contributed by atoms with E-state index in [1.54, 1.807) is 43.1 Å². The maximum Gasteiger partial charge on any atom is 0.249 e. The Hall–Kier alpha value is -4.14. The van der Waals surface area contributed by atoms with E-state index in [0.717, 1.165) is 18.4 Å². The first-order valence-electron chi connectivity index (χ1n) is 13.7. The number of aromatic nitrogens is 2. The van der Waals surface area contributed by atoms with Gasteiger partial charge in [0.15, 0.2) is 0 Å². The van der Waals surface area contributed by atoms with Crippen molar-refractivity contribution in [1.29, 1.82) is 5.26 Å². The molecule has 4 N–H and O–H groups in total. The van der Waals surface area contributed by atoms with Crippen molar-refractivity contribution in [3.8, 4) is 6.07 Å². The molecule has 220 valence electrons. The molecule has 3 aromatic rings. The van der Waals surface area contributed by atoms with Crippen molar-refractivity contribution in [2.75, 3.05) is 31.3 Å². The van der Waals surface area contributed by atoms with E-state index in [0.29, 0.717) is 50.8 Å². The van der Waals surface area contributed by atoms with Crippen LogP contribution in [0, 0.1) is 29.6 Å². The van der Waals surface area contributed by atoms with Gasteiger partial charge in [0.2, 0.25) is 11.9 Å². The summed E-state index contributed by atoms with van der Waals surface area (Å²) in [5, 5.41) is 19.7. The van der Waals surface area contributed by atoms with Gasteiger partial charge in [0.1, 0.15) is 11.6 Å². The molecule has 2 aliphatic rings. The summed E-state index contributed by atoms with van der Waals surface area (Å²) in [4.78, 5) is 23.1. The first kappa shape index (κ1) is 29.4. The van der Waals surface area contributed by atoms with Crippen molar-refractivity contribution in [3.05, 3.63) is 70.2 Å². The summed E-state index contributed by atoms with van der Waals surface area (Å²) in [6.45, 7) is 8.70. The minimum atomic E-state index is -0.669. The van der Waals surface area contributed by atoms with Crippen molar-refractivity contribution in [1.82, 2.24) is 30.8 Å². The van der Waals surface area contributed by atoms with E-state index in [2.05, 4.69) is 58.4 Å². The smallest absolute Gasteiger partial charge is 0.249 e. The lowest BCUT2D eigenvalue weighted by molar-refractivity contribution is -0.136. The maximum atomic E-state index is 14.0. The largest absolute Gasteiger partial charge is 0.383 e. The van der Waals surface area contributed by atoms with E-state index in [-0.39, 0.29) is 11.3 Å². The molecule has 1 aliphatic carbocycles. The molecular formula is C30H35ClFN9O. The zero-order valence-corrected chi connectivity index (χ0v) is 25.3. The highest BCUT2D eigenvalue weighted by Gasteiger charge is 2.56. The number of anilines is 2. The van der Waals surface area contributed by atoms with Crippen LogP contribution in [0.5, 0.6) is 0 Å². The van der Waals surface area contributed by atoms with E-state index in [4.69, 9.17) is 11.6 Å². The highest BCUT2D eigenvalue weighted by Crippen LogP contribution is 2.44. The monoisotopic (exact) mass is 591 g/mol. The summed E-state index contributed by atoms with van der Waals surface area (Å²) in [5.74, 6) is -0.564. The SMILES string of the molecule is Cc1nc(F)ccc1[C@H](Nc1cc(Cl)c2ncc(C#N)c(NCC(C)(C)C)c2c1)C1=CN(C2(C(=O)N(C)C)CC2)NN1. The number of aryl methyl sites for hydroxylation is 1. The van der Waals surface area contributed by atoms with Gasteiger partial charge in [0, 0.05) is 55.4 Å². The predicted molar refractivity (Wildman–Crippen MR) is 162 cm³/mol. The number of hydrogen-bond acceptors (Lipinski definition) is 9. The zero-order valence-electron chi connectivity index (χ0n) is 24.6. The Bertz CT molecular complexity index is 1620. The Balaban J connectivity index is 1.57. The van der Waals surface area contributed by atoms with Crippen molar-refractivity contribution in [2.24, 2.45) is 5.41 Å². The number of benzene rings is 1. The van der Waals surface area contributed by atoms with Gasteiger partial charge in [-0.2, -0.15) is 9.65 Å². The van der Waals surface area contributed by atoms with Gasteiger partial charge in [0.05, 0.1) is 33.5 Å². The summed E-state index contributed by atoms with van der Waals surface area (Å²) in [6, 6.07) is 8.39. The molecule has 1 atom stereocenters. The van der Waals surface area contributed by atoms with Gasteiger partial charge in [-0.1, -0.05) is 38.4 Å². The first-order valence-corrected chi connectivity index (χ1v) is 14.1. The molecule has 0 radical (unpaired) electrons. The Kier molecular flexibility index (Phi) is 7.64. The number of likely N-dealkylation sites (N-methyl/N-ethyl adjacent to an activating group) is 1. The molecular weight excluding hydrogens is 557 g/mol. The molecule has 0 spiro atoms. The van der Waals surface area contributed by atoms with Crippen LogP contribution in [0.25, 0.3) is 10.9 Å². The molecule has 2 aromatic heterocycles. The quantitative estimate of drug-likeness (QED) is 0.268. The molecule has 42 heavy (non-hydrogen) atoms. The van der Waals surface area contributed by atoms with Gasteiger partial charge in [0.25, 0.3) is 0 Å². The summed E-state index contributed by atoms with van der Waals surface area (Å²) in [5.41, 5.74) is 9.87. The minimum absolute atomic E-state index is 0.0100. The van der Waals surface area contributed by atoms with E-state index in [1.165, 1.54) is 12.3 Å². The molecule has 1 aliphatic heterocycles. The van der Waals surface area contributed by atoms with Gasteiger partial charge in [-0.05, 0) is 43.4 Å². The fraction of sp³-hybridized carbons (Fsp3) is 0.400. The highest BCUT2D eigenvalue weighted by molar-refractivity contribution is 6.35. The van der Waals surface area contributed by atoms with Crippen molar-refractivity contribution in [3.63, 3.8) is 0 Å². The lowest BCUT2D eigenvalue weighted by Crippen LogP contribution is -2.52. The molecule has 1 fully saturated rings. The number of amides is 1. The number of nitriles is 1. The molecule has 3 heterocycles. The number of fused-ring (bicyclic) bond motifs is 1. The number of carbonyl (C=O) groups is 1. The molecule has 5 rings (SSSR count). The third-order valence-corrected chi connectivity index (χ3v) is 7.73. The third-order valence-electron chi connectivity index (χ3n) is 7.44. The van der Waals surface area contributed by atoms with Gasteiger partial charge < -0.3 is 21.0 Å². The van der Waals surface area contributed by atoms with Crippen molar-refractivity contribution >= 4 is 39.8 Å². The topological polar surface area (TPSA) is 121 Å². The average molecular weight is 592 g/mol. The van der Waals surface area contributed by atoms with E-state index in [1.807, 2.05) is 12.3 Å². The summed E-state index contributed by atoms with van der Waals surface area (Å²) >= 11 is 6.75. The van der Waals surface area contributed by atoms with Crippen molar-refractivity contribution in [2.45, 2.75) is 52.1 Å². The van der Waals surface area contributed by atoms with Crippen LogP contribution in [0.3, 0.4) is 0 Å². The number of rotatable bonds is 8. The van der Waals surface area contributed by atoms with Gasteiger partial charge >= 0.3 is 0 Å². The van der Waals surface area contributed by atoms with E-state index < -0.39 is 17.5 Å². The molecule has 0 saturated heterocycles. The molecule has 10 nitrogen and oxygen atoms in total. The third kappa shape index (κ3) is 5.65. The van der Waals surface area contributed by atoms with E-state index in [9.17, 15) is 14.4 Å². The zero-order chi connectivity index (χ0) is 30.4. The average Bonchev–Trinajstić information content (AvgIpc) is 3.58. The van der Waals surface area contributed by atoms with Crippen LogP contribution in [0.15, 0.2) is 42.4 Å². The number of hydrazine groups is 2. The summed E-state index contributed by atoms with van der Waals surface area (Å²) in [6.07, 6.45) is 4.83. The molecule has 0 unspecified atom stereocenters. The van der Waals surface area contributed by atoms with Crippen LogP contribution >= 0.6 is 11.6 Å². The van der Waals surface area contributed by atoms with Crippen LogP contribution in [-0.2, 0) is 4.79 Å². The number of pyridine rings is 2. The second kappa shape index (κ2) is 10.9. The highest BCUT2D eigenvalue weighted by atomic mass is 35.5. The standard InChI is InChI=1S/C30H35ClFN9O/c1-17-20(7-8-24(32)36-17)27(23-15-41(39-38-23)30(9-10-30)28(42)40(5)6)37-19-11-21-25(35-16-29(2,3)4)18(13-33)14-34-26(21)22(31)12-19/h7-8,11-12,14-15,27,37-39H,9-10,16H2,1-6H3,(H,34,35)/t27-/m0/s1. The maximum absolute atomic E-state index is 14.0. The van der Waals surface area contributed by atoms with Gasteiger partial charge in [-0.25, -0.2) is 4.98 Å². The predicted octanol–water partition coefficient (Wildman–Crippen LogP) is 5.00. The molecule has 0 bridgehead atoms. The fourth-order valence-corrected chi connectivity index (χ4v) is 5.37. The van der Waals surface area contributed by atoms with Crippen LogP contribution in [0.4, 0.5) is 15.8 Å². The van der Waals surface area contributed by atoms with Crippen LogP contribution in [0.2, 0.25) is 5.02 Å². The van der Waals surface area contributed by atoms with Crippen LogP contribution in [0.1, 0.15) is 56.5 Å². The van der Waals surface area contributed by atoms with Crippen molar-refractivity contribution < 1.29 is 9.18 Å². The second-order valence-electron chi connectivity index (χ2n) is 12.2. The Morgan fingerprint density at radius 1 is 1.31 bits per heavy atom. The second-order valence-corrected chi connectivity index (χ2v) is 12.6. The lowest BCUT2D eigenvalue weighted by atomic mass is 9.96. The van der Waals surface area contributed by atoms with Gasteiger partial charge in [-0.3, -0.25) is 14.8 Å². The lowest BCUT2D eigenvalue weighted by Gasteiger charge is -2.28. The normalized spacial score (nSPS) is 16.4. The number of nitrogens with one attached hydrogen (secondary N) is 4. The molecule has 1 amide bonds. The number of halogens is 2. The number of carbonyl (C=O) groups excluding carboxylic acids is 1. The summed E-state index contributed by atoms with van der Waals surface area (Å²) in [7, 11) is 3.49. The van der Waals surface area contributed by atoms with E-state index >= 15 is 0 Å². The molecule has 1 saturated carbocycles. The first-order chi connectivity index (χ1) is 19.8. The van der Waals surface area contributed by atoms with Crippen LogP contribution in [-0.4, -0.2) is 52.0 Å². The Morgan fingerprint density at radius 2 is 2.05 bits per heavy atom. The molecule has 1 aromatic carbocycles. The Morgan fingerprint density at radius 3 is 2.67 bits per heavy atom. The van der Waals surface area contributed by atoms with Crippen LogP contribution < -0.4 is 21.6 Å². The fourth-order valence-electron chi connectivity index (χ4n) is 5.11. The summed E-state index contributed by atoms with van der Waals surface area (Å²) < 4.78 is 14.0.